The Morgan fingerprint density at radius 2 is 1.05 bits per heavy atom. The van der Waals surface area contributed by atoms with Gasteiger partial charge in [-0.25, -0.2) is 8.42 Å². The highest BCUT2D eigenvalue weighted by molar-refractivity contribution is 7.91. The van der Waals surface area contributed by atoms with Crippen molar-refractivity contribution >= 4 is 33.6 Å². The molecule has 188 valence electrons. The van der Waals surface area contributed by atoms with Crippen molar-refractivity contribution in [2.75, 3.05) is 14.2 Å². The molecule has 0 radical (unpaired) electrons. The molecule has 4 aromatic carbocycles. The molecule has 0 heterocycles. The van der Waals surface area contributed by atoms with E-state index in [9.17, 15) is 18.6 Å². The van der Waals surface area contributed by atoms with Gasteiger partial charge in [-0.15, -0.1) is 0 Å². The molecule has 0 atom stereocenters. The van der Waals surface area contributed by atoms with Crippen LogP contribution < -0.4 is 9.47 Å². The number of aliphatic imine (C=N–C) groups is 2. The van der Waals surface area contributed by atoms with Gasteiger partial charge < -0.3 is 19.7 Å². The van der Waals surface area contributed by atoms with E-state index >= 15 is 0 Å². The molecule has 0 saturated heterocycles. The highest BCUT2D eigenvalue weighted by Gasteiger charge is 2.18. The Morgan fingerprint density at radius 1 is 0.649 bits per heavy atom. The standard InChI is InChI=1S/C28H24N2O6S/c1-35-25-13-3-7-19(27(25)31)17-29-21-9-5-11-23(15-21)37(33,34)24-12-6-10-22(16-24)30-18-20-8-4-14-26(36-2)28(20)32/h3-18,31-32H,1-2H3. The summed E-state index contributed by atoms with van der Waals surface area (Å²) >= 11 is 0. The van der Waals surface area contributed by atoms with Gasteiger partial charge in [-0.3, -0.25) is 9.98 Å². The van der Waals surface area contributed by atoms with Gasteiger partial charge in [-0.2, -0.15) is 0 Å². The van der Waals surface area contributed by atoms with Crippen LogP contribution in [0.15, 0.2) is 105 Å². The fraction of sp³-hybridized carbons (Fsp3) is 0.0714. The van der Waals surface area contributed by atoms with Crippen molar-refractivity contribution in [3.63, 3.8) is 0 Å². The number of ether oxygens (including phenoxy) is 2. The lowest BCUT2D eigenvalue weighted by Gasteiger charge is -2.07. The minimum Gasteiger partial charge on any atom is -0.504 e. The third-order valence-corrected chi connectivity index (χ3v) is 7.21. The molecule has 0 bridgehead atoms. The van der Waals surface area contributed by atoms with Crippen molar-refractivity contribution in [2.24, 2.45) is 9.98 Å². The Bertz CT molecular complexity index is 1480. The smallest absolute Gasteiger partial charge is 0.206 e. The molecule has 4 aromatic rings. The maximum atomic E-state index is 13.3. The van der Waals surface area contributed by atoms with Crippen molar-refractivity contribution in [1.29, 1.82) is 0 Å². The lowest BCUT2D eigenvalue weighted by Crippen LogP contribution is -2.01. The minimum absolute atomic E-state index is 0.0582. The molecule has 0 aliphatic heterocycles. The van der Waals surface area contributed by atoms with E-state index in [1.165, 1.54) is 50.9 Å². The molecule has 0 amide bonds. The van der Waals surface area contributed by atoms with Gasteiger partial charge >= 0.3 is 0 Å². The molecule has 4 rings (SSSR count). The van der Waals surface area contributed by atoms with Crippen LogP contribution in [0.5, 0.6) is 23.0 Å². The van der Waals surface area contributed by atoms with Crippen LogP contribution in [0.2, 0.25) is 0 Å². The summed E-state index contributed by atoms with van der Waals surface area (Å²) < 4.78 is 36.9. The average molecular weight is 517 g/mol. The van der Waals surface area contributed by atoms with E-state index in [2.05, 4.69) is 9.98 Å². The van der Waals surface area contributed by atoms with Crippen molar-refractivity contribution in [3.05, 3.63) is 96.1 Å². The summed E-state index contributed by atoms with van der Waals surface area (Å²) in [6.07, 6.45) is 2.87. The molecule has 0 saturated carbocycles. The zero-order valence-corrected chi connectivity index (χ0v) is 20.9. The predicted molar refractivity (Wildman–Crippen MR) is 142 cm³/mol. The average Bonchev–Trinajstić information content (AvgIpc) is 2.92. The Balaban J connectivity index is 1.60. The summed E-state index contributed by atoms with van der Waals surface area (Å²) in [5.41, 5.74) is 1.65. The van der Waals surface area contributed by atoms with E-state index in [0.717, 1.165) is 0 Å². The van der Waals surface area contributed by atoms with E-state index in [1.54, 1.807) is 60.7 Å². The summed E-state index contributed by atoms with van der Waals surface area (Å²) in [7, 11) is -0.971. The van der Waals surface area contributed by atoms with Crippen LogP contribution >= 0.6 is 0 Å². The quantitative estimate of drug-likeness (QED) is 0.301. The normalized spacial score (nSPS) is 11.7. The maximum absolute atomic E-state index is 13.3. The zero-order chi connectivity index (χ0) is 26.4. The monoisotopic (exact) mass is 516 g/mol. The van der Waals surface area contributed by atoms with Crippen LogP contribution in [0.25, 0.3) is 0 Å². The van der Waals surface area contributed by atoms with Gasteiger partial charge in [0.05, 0.1) is 35.4 Å². The first-order valence-electron chi connectivity index (χ1n) is 11.1. The lowest BCUT2D eigenvalue weighted by molar-refractivity contribution is 0.373. The maximum Gasteiger partial charge on any atom is 0.206 e. The fourth-order valence-electron chi connectivity index (χ4n) is 3.50. The third-order valence-electron chi connectivity index (χ3n) is 5.46. The highest BCUT2D eigenvalue weighted by Crippen LogP contribution is 2.31. The molecule has 0 unspecified atom stereocenters. The Hall–Kier alpha value is -4.63. The van der Waals surface area contributed by atoms with E-state index in [-0.39, 0.29) is 21.3 Å². The Morgan fingerprint density at radius 3 is 1.46 bits per heavy atom. The van der Waals surface area contributed by atoms with Crippen LogP contribution in [-0.4, -0.2) is 45.3 Å². The molecule has 9 heteroatoms. The summed E-state index contributed by atoms with van der Waals surface area (Å²) in [5, 5.41) is 20.5. The second kappa shape index (κ2) is 11.0. The van der Waals surface area contributed by atoms with Gasteiger partial charge in [0.25, 0.3) is 0 Å². The van der Waals surface area contributed by atoms with Gasteiger partial charge in [0.1, 0.15) is 0 Å². The van der Waals surface area contributed by atoms with Gasteiger partial charge in [0, 0.05) is 23.6 Å². The number of nitrogens with zero attached hydrogens (tertiary/aromatic N) is 2. The SMILES string of the molecule is COc1cccc(C=Nc2cccc(S(=O)(=O)c3cccc(N=Cc4cccc(OC)c4O)c3)c2)c1O. The first kappa shape index (κ1) is 25.5. The topological polar surface area (TPSA) is 118 Å². The van der Waals surface area contributed by atoms with E-state index < -0.39 is 9.84 Å². The van der Waals surface area contributed by atoms with Gasteiger partial charge in [0.15, 0.2) is 23.0 Å². The van der Waals surface area contributed by atoms with Crippen molar-refractivity contribution in [1.82, 2.24) is 0 Å². The Kier molecular flexibility index (Phi) is 7.55. The van der Waals surface area contributed by atoms with Crippen LogP contribution in [0.3, 0.4) is 0 Å². The number of phenolic OH excluding ortho intramolecular Hbond substituents is 2. The first-order chi connectivity index (χ1) is 17.8. The third kappa shape index (κ3) is 5.62. The molecule has 8 nitrogen and oxygen atoms in total. The number of benzene rings is 4. The summed E-state index contributed by atoms with van der Waals surface area (Å²) in [6.45, 7) is 0. The van der Waals surface area contributed by atoms with E-state index in [4.69, 9.17) is 9.47 Å². The van der Waals surface area contributed by atoms with Gasteiger partial charge in [-0.1, -0.05) is 24.3 Å². The molecular formula is C28H24N2O6S. The van der Waals surface area contributed by atoms with Gasteiger partial charge in [0.2, 0.25) is 9.84 Å². The second-order valence-corrected chi connectivity index (χ2v) is 9.76. The molecule has 0 aromatic heterocycles. The molecule has 0 spiro atoms. The number of hydrogen-bond acceptors (Lipinski definition) is 8. The molecule has 0 aliphatic carbocycles. The minimum atomic E-state index is -3.87. The van der Waals surface area contributed by atoms with Crippen LogP contribution in [0.4, 0.5) is 11.4 Å². The van der Waals surface area contributed by atoms with Crippen LogP contribution in [0, 0.1) is 0 Å². The summed E-state index contributed by atoms with van der Waals surface area (Å²) in [5.74, 6) is 0.503. The number of sulfone groups is 1. The number of phenols is 2. The van der Waals surface area contributed by atoms with Crippen molar-refractivity contribution in [3.8, 4) is 23.0 Å². The largest absolute Gasteiger partial charge is 0.504 e. The first-order valence-corrected chi connectivity index (χ1v) is 12.6. The number of hydrogen-bond donors (Lipinski definition) is 2. The van der Waals surface area contributed by atoms with Crippen LogP contribution in [0.1, 0.15) is 11.1 Å². The summed E-state index contributed by atoms with van der Waals surface area (Å²) in [6, 6.07) is 22.4. The number of rotatable bonds is 8. The van der Waals surface area contributed by atoms with Gasteiger partial charge in [-0.05, 0) is 60.7 Å². The summed E-state index contributed by atoms with van der Waals surface area (Å²) in [4.78, 5) is 8.76. The van der Waals surface area contributed by atoms with E-state index in [1.807, 2.05) is 0 Å². The number of aromatic hydroxyl groups is 2. The Labute approximate surface area is 214 Å². The molecular weight excluding hydrogens is 492 g/mol. The van der Waals surface area contributed by atoms with Crippen molar-refractivity contribution in [2.45, 2.75) is 9.79 Å². The van der Waals surface area contributed by atoms with E-state index in [0.29, 0.717) is 34.0 Å². The van der Waals surface area contributed by atoms with Crippen molar-refractivity contribution < 1.29 is 28.1 Å². The number of methoxy groups -OCH3 is 2. The molecule has 37 heavy (non-hydrogen) atoms. The molecule has 0 fully saturated rings. The number of para-hydroxylation sites is 2. The predicted octanol–water partition coefficient (Wildman–Crippen LogP) is 5.45. The lowest BCUT2D eigenvalue weighted by atomic mass is 10.2. The zero-order valence-electron chi connectivity index (χ0n) is 20.1. The van der Waals surface area contributed by atoms with Crippen LogP contribution in [-0.2, 0) is 9.84 Å². The molecule has 0 aliphatic rings. The highest BCUT2D eigenvalue weighted by atomic mass is 32.2. The fourth-order valence-corrected chi connectivity index (χ4v) is 4.84. The second-order valence-electron chi connectivity index (χ2n) is 7.81. The molecule has 2 N–H and O–H groups in total.